The molecule has 3 heteroatoms. The zero-order valence-electron chi connectivity index (χ0n) is 9.00. The molecule has 0 bridgehead atoms. The van der Waals surface area contributed by atoms with Gasteiger partial charge in [-0.15, -0.1) is 0 Å². The maximum absolute atomic E-state index is 9.02. The summed E-state index contributed by atoms with van der Waals surface area (Å²) in [5, 5.41) is 11.4. The van der Waals surface area contributed by atoms with Gasteiger partial charge in [0, 0.05) is 37.2 Å². The average molecular weight is 214 g/mol. The van der Waals surface area contributed by atoms with E-state index in [1.54, 1.807) is 0 Å². The first-order chi connectivity index (χ1) is 7.88. The van der Waals surface area contributed by atoms with E-state index >= 15 is 0 Å². The predicted molar refractivity (Wildman–Crippen MR) is 64.5 cm³/mol. The van der Waals surface area contributed by atoms with E-state index in [-0.39, 0.29) is 6.61 Å². The molecule has 3 rings (SSSR count). The first-order valence-electron chi connectivity index (χ1n) is 5.58. The topological polar surface area (TPSA) is 36.4 Å². The van der Waals surface area contributed by atoms with E-state index in [2.05, 4.69) is 22.0 Å². The molecule has 1 saturated heterocycles. The Morgan fingerprint density at radius 1 is 1.25 bits per heavy atom. The number of aliphatic hydroxyl groups is 1. The number of aliphatic hydroxyl groups excluding tert-OH is 1. The highest BCUT2D eigenvalue weighted by Crippen LogP contribution is 2.29. The number of pyridine rings is 1. The molecule has 16 heavy (non-hydrogen) atoms. The standard InChI is InChI=1S/C13H14N2O/c16-9-10-7-15(8-10)13-12-4-2-1-3-11(12)5-6-14-13/h1-6,10,16H,7-9H2. The van der Waals surface area contributed by atoms with Crippen LogP contribution in [0.3, 0.4) is 0 Å². The van der Waals surface area contributed by atoms with Crippen molar-refractivity contribution in [1.29, 1.82) is 0 Å². The van der Waals surface area contributed by atoms with E-state index in [9.17, 15) is 0 Å². The van der Waals surface area contributed by atoms with E-state index in [0.717, 1.165) is 18.9 Å². The molecule has 1 N–H and O–H groups in total. The van der Waals surface area contributed by atoms with E-state index in [0.29, 0.717) is 5.92 Å². The minimum atomic E-state index is 0.279. The molecule has 1 aliphatic rings. The highest BCUT2D eigenvalue weighted by Gasteiger charge is 2.27. The second-order valence-electron chi connectivity index (χ2n) is 4.31. The Labute approximate surface area is 94.3 Å². The van der Waals surface area contributed by atoms with Crippen molar-refractivity contribution in [3.8, 4) is 0 Å². The predicted octanol–water partition coefficient (Wildman–Crippen LogP) is 1.66. The first kappa shape index (κ1) is 9.60. The quantitative estimate of drug-likeness (QED) is 0.826. The zero-order valence-corrected chi connectivity index (χ0v) is 9.00. The van der Waals surface area contributed by atoms with Crippen LogP contribution in [-0.4, -0.2) is 29.8 Å². The Morgan fingerprint density at radius 2 is 2.06 bits per heavy atom. The molecule has 1 fully saturated rings. The number of anilines is 1. The fraction of sp³-hybridized carbons (Fsp3) is 0.308. The van der Waals surface area contributed by atoms with E-state index in [1.807, 2.05) is 24.4 Å². The van der Waals surface area contributed by atoms with Crippen LogP contribution in [0.2, 0.25) is 0 Å². The van der Waals surface area contributed by atoms with Gasteiger partial charge in [-0.25, -0.2) is 4.98 Å². The molecule has 3 nitrogen and oxygen atoms in total. The van der Waals surface area contributed by atoms with Crippen molar-refractivity contribution in [3.05, 3.63) is 36.5 Å². The maximum Gasteiger partial charge on any atom is 0.136 e. The van der Waals surface area contributed by atoms with Gasteiger partial charge >= 0.3 is 0 Å². The number of rotatable bonds is 2. The molecule has 1 aromatic heterocycles. The Hall–Kier alpha value is -1.61. The van der Waals surface area contributed by atoms with E-state index in [4.69, 9.17) is 5.11 Å². The summed E-state index contributed by atoms with van der Waals surface area (Å²) in [6.45, 7) is 2.11. The normalized spacial score (nSPS) is 16.4. The lowest BCUT2D eigenvalue weighted by Crippen LogP contribution is -2.48. The molecule has 0 radical (unpaired) electrons. The number of nitrogens with zero attached hydrogens (tertiary/aromatic N) is 2. The second-order valence-corrected chi connectivity index (χ2v) is 4.31. The van der Waals surface area contributed by atoms with Gasteiger partial charge in [0.1, 0.15) is 5.82 Å². The first-order valence-corrected chi connectivity index (χ1v) is 5.58. The van der Waals surface area contributed by atoms with Gasteiger partial charge in [-0.3, -0.25) is 0 Å². The summed E-state index contributed by atoms with van der Waals surface area (Å²) in [5.74, 6) is 1.46. The Morgan fingerprint density at radius 3 is 2.88 bits per heavy atom. The number of fused-ring (bicyclic) bond motifs is 1. The Bertz CT molecular complexity index is 501. The third kappa shape index (κ3) is 1.44. The van der Waals surface area contributed by atoms with Crippen LogP contribution in [0.5, 0.6) is 0 Å². The van der Waals surface area contributed by atoms with Crippen LogP contribution in [0.4, 0.5) is 5.82 Å². The molecule has 0 atom stereocenters. The number of hydrogen-bond acceptors (Lipinski definition) is 3. The number of hydrogen-bond donors (Lipinski definition) is 1. The van der Waals surface area contributed by atoms with Crippen LogP contribution in [0.1, 0.15) is 0 Å². The molecule has 2 heterocycles. The largest absolute Gasteiger partial charge is 0.396 e. The van der Waals surface area contributed by atoms with Gasteiger partial charge in [-0.2, -0.15) is 0 Å². The van der Waals surface area contributed by atoms with Crippen molar-refractivity contribution in [2.75, 3.05) is 24.6 Å². The SMILES string of the molecule is OCC1CN(c2nccc3ccccc23)C1. The lowest BCUT2D eigenvalue weighted by atomic mass is 10.0. The summed E-state index contributed by atoms with van der Waals surface area (Å²) in [7, 11) is 0. The fourth-order valence-corrected chi connectivity index (χ4v) is 2.21. The van der Waals surface area contributed by atoms with Gasteiger partial charge in [0.2, 0.25) is 0 Å². The molecule has 0 unspecified atom stereocenters. The van der Waals surface area contributed by atoms with E-state index < -0.39 is 0 Å². The van der Waals surface area contributed by atoms with Crippen LogP contribution >= 0.6 is 0 Å². The highest BCUT2D eigenvalue weighted by atomic mass is 16.3. The van der Waals surface area contributed by atoms with Crippen LogP contribution in [0.25, 0.3) is 10.8 Å². The van der Waals surface area contributed by atoms with Crippen molar-refractivity contribution in [3.63, 3.8) is 0 Å². The molecule has 0 amide bonds. The lowest BCUT2D eigenvalue weighted by molar-refractivity contribution is 0.200. The van der Waals surface area contributed by atoms with Gasteiger partial charge < -0.3 is 10.0 Å². The van der Waals surface area contributed by atoms with Crippen LogP contribution in [0.15, 0.2) is 36.5 Å². The minimum Gasteiger partial charge on any atom is -0.396 e. The zero-order chi connectivity index (χ0) is 11.0. The molecular weight excluding hydrogens is 200 g/mol. The highest BCUT2D eigenvalue weighted by molar-refractivity contribution is 5.92. The molecule has 1 aromatic carbocycles. The minimum absolute atomic E-state index is 0.279. The van der Waals surface area contributed by atoms with Gasteiger partial charge in [-0.05, 0) is 11.5 Å². The maximum atomic E-state index is 9.02. The third-order valence-electron chi connectivity index (χ3n) is 3.17. The third-order valence-corrected chi connectivity index (χ3v) is 3.17. The lowest BCUT2D eigenvalue weighted by Gasteiger charge is -2.39. The summed E-state index contributed by atoms with van der Waals surface area (Å²) in [5.41, 5.74) is 0. The molecule has 0 aliphatic carbocycles. The van der Waals surface area contributed by atoms with Crippen LogP contribution < -0.4 is 4.90 Å². The summed E-state index contributed by atoms with van der Waals surface area (Å²) in [4.78, 5) is 6.67. The average Bonchev–Trinajstić information content (AvgIpc) is 2.28. The van der Waals surface area contributed by atoms with Crippen molar-refractivity contribution in [2.45, 2.75) is 0 Å². The Balaban J connectivity index is 1.98. The molecular formula is C13H14N2O. The number of benzene rings is 1. The van der Waals surface area contributed by atoms with Gasteiger partial charge in [0.15, 0.2) is 0 Å². The van der Waals surface area contributed by atoms with Crippen molar-refractivity contribution in [1.82, 2.24) is 4.98 Å². The summed E-state index contributed by atoms with van der Waals surface area (Å²) in [6.07, 6.45) is 1.85. The second kappa shape index (κ2) is 3.76. The Kier molecular flexibility index (Phi) is 2.26. The van der Waals surface area contributed by atoms with E-state index in [1.165, 1.54) is 10.8 Å². The molecule has 0 spiro atoms. The number of aromatic nitrogens is 1. The monoisotopic (exact) mass is 214 g/mol. The smallest absolute Gasteiger partial charge is 0.136 e. The van der Waals surface area contributed by atoms with Gasteiger partial charge in [-0.1, -0.05) is 24.3 Å². The molecule has 2 aromatic rings. The molecule has 82 valence electrons. The molecule has 0 saturated carbocycles. The van der Waals surface area contributed by atoms with Gasteiger partial charge in [0.05, 0.1) is 0 Å². The summed E-state index contributed by atoms with van der Waals surface area (Å²) in [6, 6.07) is 10.3. The van der Waals surface area contributed by atoms with Crippen molar-refractivity contribution in [2.24, 2.45) is 5.92 Å². The van der Waals surface area contributed by atoms with Crippen LogP contribution in [0, 0.1) is 5.92 Å². The van der Waals surface area contributed by atoms with Crippen LogP contribution in [-0.2, 0) is 0 Å². The summed E-state index contributed by atoms with van der Waals surface area (Å²) < 4.78 is 0. The molecule has 1 aliphatic heterocycles. The van der Waals surface area contributed by atoms with Crippen molar-refractivity contribution >= 4 is 16.6 Å². The fourth-order valence-electron chi connectivity index (χ4n) is 2.21. The van der Waals surface area contributed by atoms with Gasteiger partial charge in [0.25, 0.3) is 0 Å². The summed E-state index contributed by atoms with van der Waals surface area (Å²) >= 11 is 0. The van der Waals surface area contributed by atoms with Crippen molar-refractivity contribution < 1.29 is 5.11 Å².